The minimum absolute atomic E-state index is 0.00999. The molecular formula is C19H20ClFN2O2. The van der Waals surface area contributed by atoms with Crippen molar-refractivity contribution in [1.82, 2.24) is 4.90 Å². The SMILES string of the molecule is COc1ccc(F)cc1CN1CC(=O)N(c2ccc(Cl)cc2)CC1C. The van der Waals surface area contributed by atoms with Gasteiger partial charge in [0.25, 0.3) is 0 Å². The van der Waals surface area contributed by atoms with Crippen LogP contribution in [0, 0.1) is 5.82 Å². The fourth-order valence-electron chi connectivity index (χ4n) is 3.07. The van der Waals surface area contributed by atoms with Crippen molar-refractivity contribution >= 4 is 23.2 Å². The van der Waals surface area contributed by atoms with E-state index >= 15 is 0 Å². The number of halogens is 2. The van der Waals surface area contributed by atoms with Crippen molar-refractivity contribution in [3.05, 3.63) is 58.9 Å². The smallest absolute Gasteiger partial charge is 0.241 e. The zero-order valence-corrected chi connectivity index (χ0v) is 15.0. The fraction of sp³-hybridized carbons (Fsp3) is 0.316. The number of hydrogen-bond acceptors (Lipinski definition) is 3. The molecule has 0 spiro atoms. The molecule has 1 amide bonds. The molecule has 0 bridgehead atoms. The maximum Gasteiger partial charge on any atom is 0.241 e. The molecule has 0 aromatic heterocycles. The molecule has 3 rings (SSSR count). The maximum atomic E-state index is 13.6. The second kappa shape index (κ2) is 7.42. The van der Waals surface area contributed by atoms with Crippen LogP contribution in [0.1, 0.15) is 12.5 Å². The highest BCUT2D eigenvalue weighted by atomic mass is 35.5. The van der Waals surface area contributed by atoms with Gasteiger partial charge in [-0.25, -0.2) is 4.39 Å². The molecule has 0 saturated carbocycles. The number of amides is 1. The normalized spacial score (nSPS) is 18.5. The van der Waals surface area contributed by atoms with Gasteiger partial charge in [-0.3, -0.25) is 9.69 Å². The van der Waals surface area contributed by atoms with Crippen molar-refractivity contribution in [2.75, 3.05) is 25.1 Å². The number of methoxy groups -OCH3 is 1. The van der Waals surface area contributed by atoms with Crippen LogP contribution >= 0.6 is 11.6 Å². The van der Waals surface area contributed by atoms with Gasteiger partial charge in [0.05, 0.1) is 13.7 Å². The Morgan fingerprint density at radius 2 is 1.96 bits per heavy atom. The first kappa shape index (κ1) is 17.7. The van der Waals surface area contributed by atoms with E-state index < -0.39 is 0 Å². The number of hydrogen-bond donors (Lipinski definition) is 0. The molecule has 4 nitrogen and oxygen atoms in total. The lowest BCUT2D eigenvalue weighted by molar-refractivity contribution is -0.122. The van der Waals surface area contributed by atoms with Gasteiger partial charge in [0, 0.05) is 35.4 Å². The summed E-state index contributed by atoms with van der Waals surface area (Å²) in [5.41, 5.74) is 1.58. The molecule has 25 heavy (non-hydrogen) atoms. The molecule has 132 valence electrons. The van der Waals surface area contributed by atoms with E-state index in [2.05, 4.69) is 6.92 Å². The first-order chi connectivity index (χ1) is 12.0. The molecule has 2 aromatic carbocycles. The third kappa shape index (κ3) is 3.94. The van der Waals surface area contributed by atoms with Crippen LogP contribution in [0.5, 0.6) is 5.75 Å². The van der Waals surface area contributed by atoms with Gasteiger partial charge in [0.1, 0.15) is 11.6 Å². The van der Waals surface area contributed by atoms with E-state index in [0.717, 1.165) is 11.3 Å². The average molecular weight is 363 g/mol. The number of anilines is 1. The molecule has 2 aromatic rings. The van der Waals surface area contributed by atoms with E-state index in [1.165, 1.54) is 12.1 Å². The standard InChI is InChI=1S/C19H20ClFN2O2/c1-13-10-23(17-6-3-15(20)4-7-17)19(24)12-22(13)11-14-9-16(21)5-8-18(14)25-2/h3-9,13H,10-12H2,1-2H3. The highest BCUT2D eigenvalue weighted by molar-refractivity contribution is 6.30. The highest BCUT2D eigenvalue weighted by Crippen LogP contribution is 2.26. The van der Waals surface area contributed by atoms with Gasteiger partial charge in [-0.15, -0.1) is 0 Å². The van der Waals surface area contributed by atoms with Gasteiger partial charge in [-0.2, -0.15) is 0 Å². The van der Waals surface area contributed by atoms with Crippen LogP contribution in [0.3, 0.4) is 0 Å². The summed E-state index contributed by atoms with van der Waals surface area (Å²) in [4.78, 5) is 16.4. The summed E-state index contributed by atoms with van der Waals surface area (Å²) < 4.78 is 18.9. The van der Waals surface area contributed by atoms with Crippen LogP contribution in [-0.4, -0.2) is 37.0 Å². The second-order valence-corrected chi connectivity index (χ2v) is 6.63. The molecule has 6 heteroatoms. The molecule has 1 fully saturated rings. The number of nitrogens with zero attached hydrogens (tertiary/aromatic N) is 2. The summed E-state index contributed by atoms with van der Waals surface area (Å²) in [5, 5.41) is 0.640. The third-order valence-corrected chi connectivity index (χ3v) is 4.72. The quantitative estimate of drug-likeness (QED) is 0.831. The predicted molar refractivity (Wildman–Crippen MR) is 96.6 cm³/mol. The van der Waals surface area contributed by atoms with Crippen molar-refractivity contribution in [2.45, 2.75) is 19.5 Å². The molecule has 1 saturated heterocycles. The Balaban J connectivity index is 1.75. The second-order valence-electron chi connectivity index (χ2n) is 6.19. The van der Waals surface area contributed by atoms with Gasteiger partial charge in [0.15, 0.2) is 0 Å². The predicted octanol–water partition coefficient (Wildman–Crippen LogP) is 3.73. The lowest BCUT2D eigenvalue weighted by atomic mass is 10.1. The Morgan fingerprint density at radius 1 is 1.24 bits per heavy atom. The zero-order chi connectivity index (χ0) is 18.0. The molecule has 0 radical (unpaired) electrons. The lowest BCUT2D eigenvalue weighted by Gasteiger charge is -2.39. The summed E-state index contributed by atoms with van der Waals surface area (Å²) in [7, 11) is 1.56. The monoisotopic (exact) mass is 362 g/mol. The first-order valence-corrected chi connectivity index (χ1v) is 8.48. The average Bonchev–Trinajstić information content (AvgIpc) is 2.59. The highest BCUT2D eigenvalue weighted by Gasteiger charge is 2.30. The molecule has 1 atom stereocenters. The molecule has 1 aliphatic heterocycles. The van der Waals surface area contributed by atoms with Crippen LogP contribution in [-0.2, 0) is 11.3 Å². The van der Waals surface area contributed by atoms with E-state index in [-0.39, 0.29) is 24.3 Å². The number of carbonyl (C=O) groups is 1. The van der Waals surface area contributed by atoms with Gasteiger partial charge < -0.3 is 9.64 Å². The molecule has 0 N–H and O–H groups in total. The lowest BCUT2D eigenvalue weighted by Crippen LogP contribution is -2.54. The minimum Gasteiger partial charge on any atom is -0.496 e. The van der Waals surface area contributed by atoms with E-state index in [1.54, 1.807) is 30.2 Å². The van der Waals surface area contributed by atoms with Crippen LogP contribution in [0.2, 0.25) is 5.02 Å². The summed E-state index contributed by atoms with van der Waals surface area (Å²) in [5.74, 6) is 0.326. The van der Waals surface area contributed by atoms with Crippen molar-refractivity contribution in [3.8, 4) is 5.75 Å². The van der Waals surface area contributed by atoms with Crippen LogP contribution in [0.25, 0.3) is 0 Å². The Bertz CT molecular complexity index is 767. The Labute approximate surface area is 151 Å². The Kier molecular flexibility index (Phi) is 5.25. The molecular weight excluding hydrogens is 343 g/mol. The van der Waals surface area contributed by atoms with Crippen LogP contribution in [0.15, 0.2) is 42.5 Å². The number of benzene rings is 2. The first-order valence-electron chi connectivity index (χ1n) is 8.10. The van der Waals surface area contributed by atoms with E-state index in [1.807, 2.05) is 17.0 Å². The summed E-state index contributed by atoms with van der Waals surface area (Å²) in [6.45, 7) is 3.35. The molecule has 1 heterocycles. The van der Waals surface area contributed by atoms with E-state index in [9.17, 15) is 9.18 Å². The maximum absolute atomic E-state index is 13.6. The largest absolute Gasteiger partial charge is 0.496 e. The van der Waals surface area contributed by atoms with Gasteiger partial charge >= 0.3 is 0 Å². The zero-order valence-electron chi connectivity index (χ0n) is 14.2. The summed E-state index contributed by atoms with van der Waals surface area (Å²) >= 11 is 5.92. The third-order valence-electron chi connectivity index (χ3n) is 4.46. The summed E-state index contributed by atoms with van der Waals surface area (Å²) in [6, 6.07) is 11.8. The molecule has 1 unspecified atom stereocenters. The van der Waals surface area contributed by atoms with Crippen molar-refractivity contribution in [3.63, 3.8) is 0 Å². The van der Waals surface area contributed by atoms with E-state index in [0.29, 0.717) is 23.9 Å². The topological polar surface area (TPSA) is 32.8 Å². The molecule has 0 aliphatic carbocycles. The van der Waals surface area contributed by atoms with Gasteiger partial charge in [0.2, 0.25) is 5.91 Å². The number of piperazine rings is 1. The van der Waals surface area contributed by atoms with Crippen molar-refractivity contribution in [2.24, 2.45) is 0 Å². The van der Waals surface area contributed by atoms with Gasteiger partial charge in [-0.1, -0.05) is 11.6 Å². The number of ether oxygens (including phenoxy) is 1. The number of carbonyl (C=O) groups excluding carboxylic acids is 1. The van der Waals surface area contributed by atoms with Crippen molar-refractivity contribution in [1.29, 1.82) is 0 Å². The van der Waals surface area contributed by atoms with Crippen LogP contribution in [0.4, 0.5) is 10.1 Å². The van der Waals surface area contributed by atoms with Crippen molar-refractivity contribution < 1.29 is 13.9 Å². The van der Waals surface area contributed by atoms with Gasteiger partial charge in [-0.05, 0) is 49.4 Å². The Hall–Kier alpha value is -2.11. The van der Waals surface area contributed by atoms with E-state index in [4.69, 9.17) is 16.3 Å². The Morgan fingerprint density at radius 3 is 2.64 bits per heavy atom. The summed E-state index contributed by atoms with van der Waals surface area (Å²) in [6.07, 6.45) is 0. The number of rotatable bonds is 4. The molecule has 1 aliphatic rings. The van der Waals surface area contributed by atoms with Crippen LogP contribution < -0.4 is 9.64 Å². The minimum atomic E-state index is -0.311. The fourth-order valence-corrected chi connectivity index (χ4v) is 3.19.